The Bertz CT molecular complexity index is 928. The Kier molecular flexibility index (Phi) is 8.53. The molecule has 0 aliphatic rings. The number of esters is 1. The number of rotatable bonds is 11. The average molecular weight is 419 g/mol. The van der Waals surface area contributed by atoms with Crippen LogP contribution in [0.3, 0.4) is 0 Å². The monoisotopic (exact) mass is 418 g/mol. The number of hydrogen-bond donors (Lipinski definition) is 1. The number of unbranched alkanes of at least 4 members (excludes halogenated alkanes) is 5. The van der Waals surface area contributed by atoms with E-state index in [2.05, 4.69) is 6.92 Å². The van der Waals surface area contributed by atoms with Gasteiger partial charge in [0.1, 0.15) is 17.2 Å². The van der Waals surface area contributed by atoms with Crippen LogP contribution in [0.1, 0.15) is 55.8 Å². The molecule has 31 heavy (non-hydrogen) atoms. The van der Waals surface area contributed by atoms with Crippen molar-refractivity contribution in [1.29, 1.82) is 0 Å². The molecule has 0 saturated heterocycles. The molecule has 0 unspecified atom stereocenters. The summed E-state index contributed by atoms with van der Waals surface area (Å²) in [5.41, 5.74) is 2.55. The van der Waals surface area contributed by atoms with Crippen molar-refractivity contribution in [3.63, 3.8) is 0 Å². The van der Waals surface area contributed by atoms with Crippen LogP contribution in [-0.2, 0) is 0 Å². The number of phenols is 1. The fourth-order valence-electron chi connectivity index (χ4n) is 3.29. The van der Waals surface area contributed by atoms with E-state index in [0.29, 0.717) is 11.3 Å². The lowest BCUT2D eigenvalue weighted by Crippen LogP contribution is -2.08. The molecule has 4 nitrogen and oxygen atoms in total. The predicted molar refractivity (Wildman–Crippen MR) is 124 cm³/mol. The van der Waals surface area contributed by atoms with Crippen LogP contribution >= 0.6 is 0 Å². The van der Waals surface area contributed by atoms with Gasteiger partial charge in [-0.05, 0) is 66.1 Å². The molecule has 0 aliphatic heterocycles. The van der Waals surface area contributed by atoms with Gasteiger partial charge in [0.25, 0.3) is 0 Å². The highest BCUT2D eigenvalue weighted by atomic mass is 16.5. The van der Waals surface area contributed by atoms with Crippen molar-refractivity contribution in [2.45, 2.75) is 45.4 Å². The zero-order valence-corrected chi connectivity index (χ0v) is 18.0. The molecular weight excluding hydrogens is 388 g/mol. The lowest BCUT2D eigenvalue weighted by atomic mass is 10.0. The minimum Gasteiger partial charge on any atom is -0.508 e. The molecular formula is C27H30O4. The van der Waals surface area contributed by atoms with E-state index in [1.165, 1.54) is 44.2 Å². The summed E-state index contributed by atoms with van der Waals surface area (Å²) < 4.78 is 11.2. The minimum atomic E-state index is -0.435. The third-order valence-electron chi connectivity index (χ3n) is 5.12. The smallest absolute Gasteiger partial charge is 0.343 e. The fourth-order valence-corrected chi connectivity index (χ4v) is 3.29. The Morgan fingerprint density at radius 1 is 0.710 bits per heavy atom. The third-order valence-corrected chi connectivity index (χ3v) is 5.12. The zero-order valence-electron chi connectivity index (χ0n) is 18.0. The van der Waals surface area contributed by atoms with Crippen LogP contribution in [0.4, 0.5) is 0 Å². The summed E-state index contributed by atoms with van der Waals surface area (Å²) in [6, 6.07) is 21.4. The summed E-state index contributed by atoms with van der Waals surface area (Å²) >= 11 is 0. The van der Waals surface area contributed by atoms with E-state index in [4.69, 9.17) is 9.47 Å². The molecule has 3 aromatic rings. The van der Waals surface area contributed by atoms with Gasteiger partial charge in [0.05, 0.1) is 12.2 Å². The molecule has 0 radical (unpaired) electrons. The molecule has 0 amide bonds. The summed E-state index contributed by atoms with van der Waals surface area (Å²) in [6.45, 7) is 2.98. The van der Waals surface area contributed by atoms with Crippen molar-refractivity contribution in [2.24, 2.45) is 0 Å². The maximum atomic E-state index is 12.3. The SMILES string of the molecule is CCCCCCCCOc1ccc(-c2ccc(C(=O)Oc3ccc(O)cc3)cc2)cc1. The number of carbonyl (C=O) groups is 1. The fraction of sp³-hybridized carbons (Fsp3) is 0.296. The molecule has 0 aromatic heterocycles. The van der Waals surface area contributed by atoms with Gasteiger partial charge >= 0.3 is 5.97 Å². The van der Waals surface area contributed by atoms with Crippen LogP contribution in [-0.4, -0.2) is 17.7 Å². The van der Waals surface area contributed by atoms with Gasteiger partial charge < -0.3 is 14.6 Å². The maximum absolute atomic E-state index is 12.3. The van der Waals surface area contributed by atoms with E-state index in [0.717, 1.165) is 29.9 Å². The van der Waals surface area contributed by atoms with Crippen molar-refractivity contribution < 1.29 is 19.4 Å². The minimum absolute atomic E-state index is 0.128. The van der Waals surface area contributed by atoms with Gasteiger partial charge in [0.2, 0.25) is 0 Å². The number of ether oxygens (including phenoxy) is 2. The first-order valence-electron chi connectivity index (χ1n) is 11.0. The molecule has 162 valence electrons. The van der Waals surface area contributed by atoms with Gasteiger partial charge in [0, 0.05) is 0 Å². The summed E-state index contributed by atoms with van der Waals surface area (Å²) in [5, 5.41) is 9.31. The Labute approximate surface area is 184 Å². The van der Waals surface area contributed by atoms with Crippen molar-refractivity contribution in [3.8, 4) is 28.4 Å². The molecule has 0 saturated carbocycles. The summed E-state index contributed by atoms with van der Waals surface area (Å²) in [5.74, 6) is 0.966. The first-order chi connectivity index (χ1) is 15.2. The Morgan fingerprint density at radius 3 is 1.90 bits per heavy atom. The largest absolute Gasteiger partial charge is 0.508 e. The van der Waals surface area contributed by atoms with Crippen LogP contribution in [0.2, 0.25) is 0 Å². The van der Waals surface area contributed by atoms with Crippen LogP contribution in [0, 0.1) is 0 Å². The van der Waals surface area contributed by atoms with E-state index in [1.54, 1.807) is 24.3 Å². The number of aromatic hydroxyl groups is 1. The van der Waals surface area contributed by atoms with Crippen molar-refractivity contribution in [3.05, 3.63) is 78.4 Å². The highest BCUT2D eigenvalue weighted by molar-refractivity contribution is 5.91. The molecule has 3 rings (SSSR count). The van der Waals surface area contributed by atoms with E-state index >= 15 is 0 Å². The zero-order chi connectivity index (χ0) is 21.9. The van der Waals surface area contributed by atoms with Gasteiger partial charge in [-0.3, -0.25) is 0 Å². The van der Waals surface area contributed by atoms with Gasteiger partial charge in [-0.1, -0.05) is 63.3 Å². The Hall–Kier alpha value is -3.27. The average Bonchev–Trinajstić information content (AvgIpc) is 2.80. The normalized spacial score (nSPS) is 10.6. The molecule has 0 aliphatic carbocycles. The molecule has 4 heteroatoms. The molecule has 0 fully saturated rings. The number of benzene rings is 3. The lowest BCUT2D eigenvalue weighted by molar-refractivity contribution is 0.0734. The van der Waals surface area contributed by atoms with Gasteiger partial charge in [-0.25, -0.2) is 4.79 Å². The van der Waals surface area contributed by atoms with Crippen LogP contribution in [0.5, 0.6) is 17.2 Å². The maximum Gasteiger partial charge on any atom is 0.343 e. The highest BCUT2D eigenvalue weighted by Gasteiger charge is 2.09. The Balaban J connectivity index is 1.49. The van der Waals surface area contributed by atoms with Crippen LogP contribution in [0.25, 0.3) is 11.1 Å². The van der Waals surface area contributed by atoms with Crippen molar-refractivity contribution >= 4 is 5.97 Å². The van der Waals surface area contributed by atoms with Crippen LogP contribution < -0.4 is 9.47 Å². The second-order valence-corrected chi connectivity index (χ2v) is 7.60. The lowest BCUT2D eigenvalue weighted by Gasteiger charge is -2.08. The van der Waals surface area contributed by atoms with Gasteiger partial charge in [-0.2, -0.15) is 0 Å². The second kappa shape index (κ2) is 11.8. The van der Waals surface area contributed by atoms with E-state index in [-0.39, 0.29) is 5.75 Å². The molecule has 0 spiro atoms. The van der Waals surface area contributed by atoms with Gasteiger partial charge in [-0.15, -0.1) is 0 Å². The topological polar surface area (TPSA) is 55.8 Å². The molecule has 1 N–H and O–H groups in total. The Morgan fingerprint density at radius 2 is 1.26 bits per heavy atom. The van der Waals surface area contributed by atoms with Crippen molar-refractivity contribution in [1.82, 2.24) is 0 Å². The van der Waals surface area contributed by atoms with Gasteiger partial charge in [0.15, 0.2) is 0 Å². The van der Waals surface area contributed by atoms with E-state index < -0.39 is 5.97 Å². The molecule has 3 aromatic carbocycles. The molecule has 0 bridgehead atoms. The van der Waals surface area contributed by atoms with E-state index in [1.807, 2.05) is 36.4 Å². The number of phenolic OH excluding ortho intramolecular Hbond substituents is 1. The third kappa shape index (κ3) is 7.18. The predicted octanol–water partition coefficient (Wildman–Crippen LogP) is 7.02. The van der Waals surface area contributed by atoms with E-state index in [9.17, 15) is 9.90 Å². The second-order valence-electron chi connectivity index (χ2n) is 7.60. The number of hydrogen-bond acceptors (Lipinski definition) is 4. The van der Waals surface area contributed by atoms with Crippen molar-refractivity contribution in [2.75, 3.05) is 6.61 Å². The highest BCUT2D eigenvalue weighted by Crippen LogP contribution is 2.24. The molecule has 0 heterocycles. The first kappa shape index (κ1) is 22.4. The first-order valence-corrected chi connectivity index (χ1v) is 11.0. The molecule has 0 atom stereocenters. The summed E-state index contributed by atoms with van der Waals surface area (Å²) in [7, 11) is 0. The van der Waals surface area contributed by atoms with Crippen LogP contribution in [0.15, 0.2) is 72.8 Å². The quantitative estimate of drug-likeness (QED) is 0.207. The summed E-state index contributed by atoms with van der Waals surface area (Å²) in [6.07, 6.45) is 7.51. The summed E-state index contributed by atoms with van der Waals surface area (Å²) in [4.78, 5) is 12.3. The standard InChI is InChI=1S/C27H30O4/c1-2-3-4-5-6-7-20-30-25-16-12-22(13-17-25)21-8-10-23(11-9-21)27(29)31-26-18-14-24(28)15-19-26/h8-19,28H,2-7,20H2,1H3. The number of carbonyl (C=O) groups excluding carboxylic acids is 1.